The summed E-state index contributed by atoms with van der Waals surface area (Å²) in [7, 11) is 4.38. The Kier molecular flexibility index (Phi) is 10.5. The molecule has 3 aliphatic heterocycles. The van der Waals surface area contributed by atoms with Crippen LogP contribution in [0.4, 0.5) is 11.4 Å². The second-order valence-electron chi connectivity index (χ2n) is 11.4. The molecule has 16 nitrogen and oxygen atoms in total. The van der Waals surface area contributed by atoms with Crippen molar-refractivity contribution >= 4 is 75.5 Å². The number of thioether (sulfide) groups is 1. The van der Waals surface area contributed by atoms with Crippen LogP contribution in [0.25, 0.3) is 0 Å². The molecule has 1 unspecified atom stereocenters. The number of esters is 2. The van der Waals surface area contributed by atoms with Crippen molar-refractivity contribution in [1.29, 1.82) is 0 Å². The fourth-order valence-electron chi connectivity index (χ4n) is 5.50. The zero-order valence-corrected chi connectivity index (χ0v) is 28.9. The van der Waals surface area contributed by atoms with Crippen molar-refractivity contribution in [2.24, 2.45) is 17.0 Å². The maximum atomic E-state index is 13.1. The van der Waals surface area contributed by atoms with Crippen molar-refractivity contribution in [3.8, 4) is 16.7 Å². The van der Waals surface area contributed by atoms with E-state index in [4.69, 9.17) is 14.2 Å². The minimum Gasteiger partial charge on any atom is -0.493 e. The van der Waals surface area contributed by atoms with Crippen LogP contribution in [-0.2, 0) is 21.4 Å². The van der Waals surface area contributed by atoms with Crippen LogP contribution in [0.1, 0.15) is 57.0 Å². The molecule has 1 saturated heterocycles. The molecule has 2 N–H and O–H groups in total. The highest BCUT2D eigenvalue weighted by molar-refractivity contribution is 8.14. The molecule has 0 aliphatic carbocycles. The first-order valence-corrected chi connectivity index (χ1v) is 17.4. The Morgan fingerprint density at radius 1 is 1.10 bits per heavy atom. The molecule has 2 aromatic heterocycles. The number of thiazole rings is 1. The van der Waals surface area contributed by atoms with Gasteiger partial charge in [-0.1, -0.05) is 23.1 Å². The van der Waals surface area contributed by atoms with Crippen LogP contribution in [0.2, 0.25) is 0 Å². The van der Waals surface area contributed by atoms with Gasteiger partial charge < -0.3 is 39.0 Å². The van der Waals surface area contributed by atoms with E-state index in [0.29, 0.717) is 41.4 Å². The van der Waals surface area contributed by atoms with Gasteiger partial charge in [0.05, 0.1) is 43.8 Å². The lowest BCUT2D eigenvalue weighted by Crippen LogP contribution is -2.35. The van der Waals surface area contributed by atoms with E-state index in [9.17, 15) is 24.0 Å². The molecule has 3 amide bonds. The van der Waals surface area contributed by atoms with Crippen molar-refractivity contribution in [3.05, 3.63) is 46.7 Å². The number of aromatic nitrogens is 2. The topological polar surface area (TPSA) is 192 Å². The Hall–Kier alpha value is -5.23. The smallest absolute Gasteiger partial charge is 0.357 e. The highest BCUT2D eigenvalue weighted by atomic mass is 32.2. The van der Waals surface area contributed by atoms with Crippen molar-refractivity contribution < 1.29 is 42.9 Å². The van der Waals surface area contributed by atoms with E-state index in [-0.39, 0.29) is 58.4 Å². The molecule has 3 aliphatic rings. The number of aryl methyl sites for hydroxylation is 1. The maximum Gasteiger partial charge on any atom is 0.357 e. The zero-order valence-electron chi connectivity index (χ0n) is 27.3. The molecule has 3 aromatic rings. The first kappa shape index (κ1) is 34.6. The Balaban J connectivity index is 0.972. The third-order valence-electron chi connectivity index (χ3n) is 7.99. The van der Waals surface area contributed by atoms with Gasteiger partial charge in [-0.2, -0.15) is 4.98 Å². The summed E-state index contributed by atoms with van der Waals surface area (Å²) in [6.07, 6.45) is 5.78. The third kappa shape index (κ3) is 7.65. The van der Waals surface area contributed by atoms with E-state index in [1.165, 1.54) is 37.4 Å². The van der Waals surface area contributed by atoms with E-state index in [0.717, 1.165) is 24.2 Å². The third-order valence-corrected chi connectivity index (χ3v) is 9.68. The number of carbonyl (C=O) groups excluding carboxylic acids is 5. The SMILES string of the molecule is COC(=O)c1csc(OC(=O)C2CSC(NC(=O)c3cc(NC(=O)CCCOc4cc5c(cc4OC)C(=O)N4CCC[C@H]4C=N5)cn3C)=N2)n1. The van der Waals surface area contributed by atoms with E-state index in [1.807, 2.05) is 11.1 Å². The largest absolute Gasteiger partial charge is 0.493 e. The molecule has 1 aromatic carbocycles. The number of fused-ring (bicyclic) bond motifs is 2. The second-order valence-corrected chi connectivity index (χ2v) is 13.2. The normalized spacial score (nSPS) is 17.7. The van der Waals surface area contributed by atoms with Crippen molar-refractivity contribution in [2.45, 2.75) is 37.8 Å². The van der Waals surface area contributed by atoms with Gasteiger partial charge in [-0.3, -0.25) is 19.4 Å². The number of anilines is 1. The molecule has 5 heterocycles. The van der Waals surface area contributed by atoms with E-state index < -0.39 is 23.9 Å². The molecule has 2 atom stereocenters. The van der Waals surface area contributed by atoms with Crippen LogP contribution in [0, 0.1) is 0 Å². The number of amidine groups is 1. The van der Waals surface area contributed by atoms with Crippen molar-refractivity contribution in [2.75, 3.05) is 38.4 Å². The van der Waals surface area contributed by atoms with Crippen LogP contribution >= 0.6 is 23.1 Å². The van der Waals surface area contributed by atoms with Gasteiger partial charge in [-0.25, -0.2) is 14.6 Å². The highest BCUT2D eigenvalue weighted by Crippen LogP contribution is 2.38. The molecular formula is C32H33N7O9S2. The minimum absolute atomic E-state index is 0.00724. The Labute approximate surface area is 294 Å². The number of rotatable bonds is 11. The number of hydrogen-bond donors (Lipinski definition) is 2. The number of ether oxygens (including phenoxy) is 4. The molecule has 0 bridgehead atoms. The van der Waals surface area contributed by atoms with Gasteiger partial charge in [-0.05, 0) is 31.4 Å². The number of amides is 3. The summed E-state index contributed by atoms with van der Waals surface area (Å²) in [5, 5.41) is 7.11. The fraction of sp³-hybridized carbons (Fsp3) is 0.375. The molecule has 18 heteroatoms. The van der Waals surface area contributed by atoms with E-state index >= 15 is 0 Å². The molecule has 0 saturated carbocycles. The average Bonchev–Trinajstić information content (AvgIpc) is 3.92. The predicted octanol–water partition coefficient (Wildman–Crippen LogP) is 3.20. The second kappa shape index (κ2) is 15.1. The quantitative estimate of drug-likeness (QED) is 0.218. The zero-order chi connectivity index (χ0) is 35.4. The van der Waals surface area contributed by atoms with Crippen LogP contribution in [0.5, 0.6) is 16.7 Å². The number of nitrogens with zero attached hydrogens (tertiary/aromatic N) is 5. The van der Waals surface area contributed by atoms with Gasteiger partial charge in [-0.15, -0.1) is 0 Å². The first-order chi connectivity index (χ1) is 24.1. The highest BCUT2D eigenvalue weighted by Gasteiger charge is 2.33. The summed E-state index contributed by atoms with van der Waals surface area (Å²) in [4.78, 5) is 77.4. The Bertz CT molecular complexity index is 1900. The molecular weight excluding hydrogens is 691 g/mol. The van der Waals surface area contributed by atoms with Crippen LogP contribution < -0.4 is 24.8 Å². The Morgan fingerprint density at radius 3 is 2.74 bits per heavy atom. The minimum atomic E-state index is -0.874. The van der Waals surface area contributed by atoms with Crippen LogP contribution in [0.3, 0.4) is 0 Å². The molecule has 0 radical (unpaired) electrons. The van der Waals surface area contributed by atoms with E-state index in [2.05, 4.69) is 30.3 Å². The molecule has 0 spiro atoms. The number of methoxy groups -OCH3 is 2. The standard InChI is InChI=1S/C32H33N7O9S2/c1-38-14-17(10-23(38)27(41)37-31-35-22(15-49-31)30(44)48-32-36-21(16-50-32)29(43)46-3)34-26(40)7-5-9-47-25-12-20-19(11-24(25)45-2)28(42)39-8-4-6-18(39)13-33-20/h10-14,16,18,22H,4-9,15H2,1-3H3,(H,34,40)(H,35,37,41)/t18-,22?/m0/s1. The maximum absolute atomic E-state index is 13.1. The Morgan fingerprint density at radius 2 is 1.94 bits per heavy atom. The summed E-state index contributed by atoms with van der Waals surface area (Å²) >= 11 is 2.15. The number of nitrogens with one attached hydrogen (secondary N) is 2. The number of hydrogen-bond acceptors (Lipinski definition) is 14. The molecule has 50 heavy (non-hydrogen) atoms. The summed E-state index contributed by atoms with van der Waals surface area (Å²) in [6.45, 7) is 0.910. The molecule has 262 valence electrons. The van der Waals surface area contributed by atoms with E-state index in [1.54, 1.807) is 29.9 Å². The number of benzene rings is 1. The summed E-state index contributed by atoms with van der Waals surface area (Å²) in [6, 6.07) is 3.99. The summed E-state index contributed by atoms with van der Waals surface area (Å²) < 4.78 is 22.8. The van der Waals surface area contributed by atoms with Crippen LogP contribution in [0.15, 0.2) is 39.8 Å². The molecule has 1 fully saturated rings. The lowest BCUT2D eigenvalue weighted by Gasteiger charge is -2.20. The van der Waals surface area contributed by atoms with Crippen molar-refractivity contribution in [3.63, 3.8) is 0 Å². The summed E-state index contributed by atoms with van der Waals surface area (Å²) in [5.41, 5.74) is 1.70. The summed E-state index contributed by atoms with van der Waals surface area (Å²) in [5.74, 6) is -1.07. The molecule has 6 rings (SSSR count). The van der Waals surface area contributed by atoms with Gasteiger partial charge in [0.1, 0.15) is 5.69 Å². The number of carbonyl (C=O) groups is 5. The van der Waals surface area contributed by atoms with Crippen molar-refractivity contribution in [1.82, 2.24) is 19.8 Å². The van der Waals surface area contributed by atoms with Gasteiger partial charge in [0.2, 0.25) is 5.91 Å². The fourth-order valence-corrected chi connectivity index (χ4v) is 7.03. The van der Waals surface area contributed by atoms with Crippen LogP contribution in [-0.4, -0.2) is 101 Å². The average molecular weight is 724 g/mol. The monoisotopic (exact) mass is 723 g/mol. The lowest BCUT2D eigenvalue weighted by atomic mass is 10.1. The van der Waals surface area contributed by atoms with Gasteiger partial charge in [0, 0.05) is 49.6 Å². The van der Waals surface area contributed by atoms with Gasteiger partial charge in [0.15, 0.2) is 28.4 Å². The lowest BCUT2D eigenvalue weighted by molar-refractivity contribution is -0.135. The predicted molar refractivity (Wildman–Crippen MR) is 184 cm³/mol. The van der Waals surface area contributed by atoms with Gasteiger partial charge in [0.25, 0.3) is 17.0 Å². The first-order valence-electron chi connectivity index (χ1n) is 15.6. The van der Waals surface area contributed by atoms with Gasteiger partial charge >= 0.3 is 11.9 Å². The number of aliphatic imine (C=N–C) groups is 2.